The number of benzene rings is 1. The van der Waals surface area contributed by atoms with Crippen molar-refractivity contribution in [3.05, 3.63) is 17.7 Å². The van der Waals surface area contributed by atoms with Crippen LogP contribution in [0.4, 0.5) is 16.2 Å². The van der Waals surface area contributed by atoms with Crippen LogP contribution < -0.4 is 21.1 Å². The van der Waals surface area contributed by atoms with Crippen LogP contribution in [0.3, 0.4) is 0 Å². The van der Waals surface area contributed by atoms with Gasteiger partial charge in [-0.1, -0.05) is 0 Å². The highest BCUT2D eigenvalue weighted by Gasteiger charge is 2.36. The number of nitrogens with zero attached hydrogens (tertiary/aromatic N) is 2. The molecule has 1 saturated heterocycles. The van der Waals surface area contributed by atoms with Crippen molar-refractivity contribution in [3.63, 3.8) is 0 Å². The van der Waals surface area contributed by atoms with E-state index in [4.69, 9.17) is 20.9 Å². The van der Waals surface area contributed by atoms with E-state index in [0.717, 1.165) is 5.69 Å². The van der Waals surface area contributed by atoms with Crippen LogP contribution in [-0.4, -0.2) is 54.8 Å². The monoisotopic (exact) mass is 348 g/mol. The topological polar surface area (TPSA) is 111 Å². The summed E-state index contributed by atoms with van der Waals surface area (Å²) in [6.45, 7) is 7.60. The standard InChI is InChI=1S/C17H24N4O4/c1-17(2,3)25-16(23)20-4-5-21-10(8-20)9-24-14-7-12(18)11(15(19)22)6-13(14)21/h6-7,10H,4-5,8-9,18H2,1-3H3,(H2,19,22). The molecule has 2 heterocycles. The van der Waals surface area contributed by atoms with E-state index in [9.17, 15) is 9.59 Å². The van der Waals surface area contributed by atoms with E-state index in [1.165, 1.54) is 0 Å². The molecule has 8 nitrogen and oxygen atoms in total. The van der Waals surface area contributed by atoms with Gasteiger partial charge in [-0.25, -0.2) is 4.79 Å². The molecule has 136 valence electrons. The molecule has 2 amide bonds. The lowest BCUT2D eigenvalue weighted by Gasteiger charge is -2.45. The van der Waals surface area contributed by atoms with E-state index in [2.05, 4.69) is 4.90 Å². The molecule has 1 atom stereocenters. The lowest BCUT2D eigenvalue weighted by molar-refractivity contribution is 0.0195. The van der Waals surface area contributed by atoms with Crippen molar-refractivity contribution < 1.29 is 19.1 Å². The maximum absolute atomic E-state index is 12.3. The minimum atomic E-state index is -0.574. The Bertz CT molecular complexity index is 713. The Morgan fingerprint density at radius 3 is 2.64 bits per heavy atom. The Balaban J connectivity index is 1.79. The molecule has 1 fully saturated rings. The van der Waals surface area contributed by atoms with Gasteiger partial charge >= 0.3 is 6.09 Å². The molecule has 0 spiro atoms. The summed E-state index contributed by atoms with van der Waals surface area (Å²) < 4.78 is 11.2. The summed E-state index contributed by atoms with van der Waals surface area (Å²) in [5, 5.41) is 0. The third-order valence-electron chi connectivity index (χ3n) is 4.27. The first-order valence-corrected chi connectivity index (χ1v) is 8.26. The predicted molar refractivity (Wildman–Crippen MR) is 93.8 cm³/mol. The third kappa shape index (κ3) is 3.42. The van der Waals surface area contributed by atoms with E-state index in [1.807, 2.05) is 20.8 Å². The van der Waals surface area contributed by atoms with Crippen molar-refractivity contribution in [2.24, 2.45) is 5.73 Å². The molecule has 8 heteroatoms. The van der Waals surface area contributed by atoms with Crippen molar-refractivity contribution in [2.45, 2.75) is 32.4 Å². The number of piperazine rings is 1. The second kappa shape index (κ2) is 6.02. The number of hydrogen-bond acceptors (Lipinski definition) is 6. The fraction of sp³-hybridized carbons (Fsp3) is 0.529. The number of rotatable bonds is 1. The van der Waals surface area contributed by atoms with E-state index in [-0.39, 0.29) is 17.7 Å². The number of hydrogen-bond donors (Lipinski definition) is 2. The summed E-state index contributed by atoms with van der Waals surface area (Å²) >= 11 is 0. The van der Waals surface area contributed by atoms with Gasteiger partial charge in [-0.2, -0.15) is 0 Å². The van der Waals surface area contributed by atoms with E-state index < -0.39 is 11.5 Å². The molecule has 0 bridgehead atoms. The van der Waals surface area contributed by atoms with E-state index in [1.54, 1.807) is 17.0 Å². The first-order valence-electron chi connectivity index (χ1n) is 8.26. The molecule has 0 radical (unpaired) electrons. The number of amides is 2. The van der Waals surface area contributed by atoms with Gasteiger partial charge in [0.05, 0.1) is 17.3 Å². The van der Waals surface area contributed by atoms with Gasteiger partial charge in [0.15, 0.2) is 0 Å². The molecule has 4 N–H and O–H groups in total. The van der Waals surface area contributed by atoms with Gasteiger partial charge in [0.25, 0.3) is 5.91 Å². The minimum Gasteiger partial charge on any atom is -0.489 e. The van der Waals surface area contributed by atoms with Gasteiger partial charge in [0.1, 0.15) is 18.0 Å². The zero-order chi connectivity index (χ0) is 18.4. The Hall–Kier alpha value is -2.64. The van der Waals surface area contributed by atoms with Crippen molar-refractivity contribution in [3.8, 4) is 5.75 Å². The van der Waals surface area contributed by atoms with Gasteiger partial charge in [0, 0.05) is 31.4 Å². The smallest absolute Gasteiger partial charge is 0.410 e. The highest BCUT2D eigenvalue weighted by atomic mass is 16.6. The third-order valence-corrected chi connectivity index (χ3v) is 4.27. The SMILES string of the molecule is CC(C)(C)OC(=O)N1CCN2c3cc(C(N)=O)c(N)cc3OCC2C1. The van der Waals surface area contributed by atoms with Gasteiger partial charge in [-0.15, -0.1) is 0 Å². The summed E-state index contributed by atoms with van der Waals surface area (Å²) in [5.41, 5.74) is 12.1. The molecule has 2 aliphatic rings. The molecule has 1 aromatic rings. The second-order valence-electron chi connectivity index (χ2n) is 7.36. The van der Waals surface area contributed by atoms with Crippen molar-refractivity contribution in [1.29, 1.82) is 0 Å². The quantitative estimate of drug-likeness (QED) is 0.737. The summed E-state index contributed by atoms with van der Waals surface area (Å²) in [5.74, 6) is 0.0549. The van der Waals surface area contributed by atoms with Crippen LogP contribution in [0.15, 0.2) is 12.1 Å². The number of fused-ring (bicyclic) bond motifs is 3. The lowest BCUT2D eigenvalue weighted by Crippen LogP contribution is -2.59. The molecule has 1 aromatic carbocycles. The molecule has 2 aliphatic heterocycles. The largest absolute Gasteiger partial charge is 0.489 e. The molecule has 0 aromatic heterocycles. The second-order valence-corrected chi connectivity index (χ2v) is 7.36. The van der Waals surface area contributed by atoms with Crippen LogP contribution in [0.5, 0.6) is 5.75 Å². The number of nitrogens with two attached hydrogens (primary N) is 2. The van der Waals surface area contributed by atoms with Gasteiger partial charge in [-0.05, 0) is 26.8 Å². The maximum Gasteiger partial charge on any atom is 0.410 e. The molecule has 25 heavy (non-hydrogen) atoms. The van der Waals surface area contributed by atoms with Crippen molar-refractivity contribution >= 4 is 23.4 Å². The summed E-state index contributed by atoms with van der Waals surface area (Å²) in [6.07, 6.45) is -0.326. The molecule has 3 rings (SSSR count). The van der Waals surface area contributed by atoms with Crippen LogP contribution >= 0.6 is 0 Å². The van der Waals surface area contributed by atoms with Gasteiger partial charge < -0.3 is 30.7 Å². The Morgan fingerprint density at radius 1 is 1.28 bits per heavy atom. The number of ether oxygens (including phenoxy) is 2. The first kappa shape index (κ1) is 17.2. The molecule has 1 unspecified atom stereocenters. The van der Waals surface area contributed by atoms with Gasteiger partial charge in [-0.3, -0.25) is 4.79 Å². The fourth-order valence-corrected chi connectivity index (χ4v) is 3.13. The minimum absolute atomic E-state index is 0.0156. The zero-order valence-electron chi connectivity index (χ0n) is 14.7. The van der Waals surface area contributed by atoms with Crippen molar-refractivity contribution in [2.75, 3.05) is 36.9 Å². The first-order chi connectivity index (χ1) is 11.7. The van der Waals surface area contributed by atoms with Crippen LogP contribution in [0.25, 0.3) is 0 Å². The normalized spacial score (nSPS) is 19.6. The van der Waals surface area contributed by atoms with E-state index in [0.29, 0.717) is 37.7 Å². The Morgan fingerprint density at radius 2 is 2.00 bits per heavy atom. The number of anilines is 2. The molecule has 0 aliphatic carbocycles. The summed E-state index contributed by atoms with van der Waals surface area (Å²) in [6, 6.07) is 3.28. The Labute approximate surface area is 146 Å². The number of primary amides is 1. The van der Waals surface area contributed by atoms with Crippen LogP contribution in [0.2, 0.25) is 0 Å². The number of carbonyl (C=O) groups is 2. The number of nitrogen functional groups attached to an aromatic ring is 1. The van der Waals surface area contributed by atoms with Crippen LogP contribution in [0, 0.1) is 0 Å². The molecular formula is C17H24N4O4. The number of carbonyl (C=O) groups excluding carboxylic acids is 2. The zero-order valence-corrected chi connectivity index (χ0v) is 14.7. The fourth-order valence-electron chi connectivity index (χ4n) is 3.13. The highest BCUT2D eigenvalue weighted by Crippen LogP contribution is 2.38. The Kier molecular flexibility index (Phi) is 4.14. The summed E-state index contributed by atoms with van der Waals surface area (Å²) in [4.78, 5) is 27.7. The highest BCUT2D eigenvalue weighted by molar-refractivity contribution is 6.00. The summed E-state index contributed by atoms with van der Waals surface area (Å²) in [7, 11) is 0. The molecule has 0 saturated carbocycles. The van der Waals surface area contributed by atoms with Crippen LogP contribution in [-0.2, 0) is 4.74 Å². The van der Waals surface area contributed by atoms with Gasteiger partial charge in [0.2, 0.25) is 0 Å². The maximum atomic E-state index is 12.3. The van der Waals surface area contributed by atoms with E-state index >= 15 is 0 Å². The average Bonchev–Trinajstić information content (AvgIpc) is 2.51. The average molecular weight is 348 g/mol. The van der Waals surface area contributed by atoms with Crippen molar-refractivity contribution in [1.82, 2.24) is 4.90 Å². The molecular weight excluding hydrogens is 324 g/mol. The van der Waals surface area contributed by atoms with Crippen LogP contribution in [0.1, 0.15) is 31.1 Å². The predicted octanol–water partition coefficient (Wildman–Crippen LogP) is 1.19. The lowest BCUT2D eigenvalue weighted by atomic mass is 10.0.